The molecule has 0 bridgehead atoms. The highest BCUT2D eigenvalue weighted by Crippen LogP contribution is 2.37. The van der Waals surface area contributed by atoms with E-state index < -0.39 is 0 Å². The van der Waals surface area contributed by atoms with Gasteiger partial charge in [0.1, 0.15) is 0 Å². The first-order valence-corrected chi connectivity index (χ1v) is 7.02. The van der Waals surface area contributed by atoms with Gasteiger partial charge in [0.05, 0.1) is 0 Å². The Kier molecular flexibility index (Phi) is 7.03. The smallest absolute Gasteiger partial charge is 0.0152 e. The third-order valence-corrected chi connectivity index (χ3v) is 4.78. The molecular formula is C16H32. The zero-order chi connectivity index (χ0) is 12.9. The summed E-state index contributed by atoms with van der Waals surface area (Å²) in [4.78, 5) is 0. The summed E-state index contributed by atoms with van der Waals surface area (Å²) in [6.45, 7) is 20.6. The molecule has 0 amide bonds. The Balaban J connectivity index is 4.79. The molecule has 0 saturated carbocycles. The van der Waals surface area contributed by atoms with Crippen molar-refractivity contribution in [2.24, 2.45) is 29.6 Å². The molecule has 0 spiro atoms. The molecule has 4 atom stereocenters. The lowest BCUT2D eigenvalue weighted by atomic mass is 9.69. The lowest BCUT2D eigenvalue weighted by Crippen LogP contribution is -2.29. The Hall–Kier alpha value is -0.260. The van der Waals surface area contributed by atoms with Gasteiger partial charge in [-0.2, -0.15) is 0 Å². The quantitative estimate of drug-likeness (QED) is 0.498. The Morgan fingerprint density at radius 2 is 1.19 bits per heavy atom. The summed E-state index contributed by atoms with van der Waals surface area (Å²) in [5, 5.41) is 0. The van der Waals surface area contributed by atoms with Crippen molar-refractivity contribution in [3.8, 4) is 0 Å². The van der Waals surface area contributed by atoms with Gasteiger partial charge in [0.2, 0.25) is 0 Å². The summed E-state index contributed by atoms with van der Waals surface area (Å²) in [5.74, 6) is 3.80. The standard InChI is InChI=1S/C16H32/c1-9-12(5)14(7)16(11(3)4)15(8)13(6)10-2/h12-16H,3,9-10H2,1-2,4-8H3. The first-order valence-electron chi connectivity index (χ1n) is 7.02. The minimum atomic E-state index is 0.685. The van der Waals surface area contributed by atoms with Crippen LogP contribution in [0, 0.1) is 29.6 Å². The summed E-state index contributed by atoms with van der Waals surface area (Å²) in [5.41, 5.74) is 1.38. The van der Waals surface area contributed by atoms with Gasteiger partial charge in [-0.05, 0) is 36.5 Å². The zero-order valence-corrected chi connectivity index (χ0v) is 12.5. The van der Waals surface area contributed by atoms with Crippen LogP contribution in [0.5, 0.6) is 0 Å². The second-order valence-corrected chi connectivity index (χ2v) is 5.86. The molecule has 0 fully saturated rings. The van der Waals surface area contributed by atoms with Crippen molar-refractivity contribution >= 4 is 0 Å². The third kappa shape index (κ3) is 3.96. The van der Waals surface area contributed by atoms with Crippen molar-refractivity contribution in [3.05, 3.63) is 12.2 Å². The molecule has 4 unspecified atom stereocenters. The lowest BCUT2D eigenvalue weighted by Gasteiger charge is -2.36. The van der Waals surface area contributed by atoms with Gasteiger partial charge in [0, 0.05) is 0 Å². The average molecular weight is 224 g/mol. The average Bonchev–Trinajstić information content (AvgIpc) is 2.26. The SMILES string of the molecule is C=C(C)C(C(C)C(C)CC)C(C)C(C)CC. The molecule has 0 heterocycles. The molecule has 0 aliphatic rings. The van der Waals surface area contributed by atoms with E-state index in [1.165, 1.54) is 18.4 Å². The maximum atomic E-state index is 4.23. The normalized spacial score (nSPS) is 20.9. The molecule has 0 aliphatic carbocycles. The first kappa shape index (κ1) is 15.7. The molecule has 0 N–H and O–H groups in total. The van der Waals surface area contributed by atoms with Gasteiger partial charge < -0.3 is 0 Å². The molecule has 0 nitrogen and oxygen atoms in total. The van der Waals surface area contributed by atoms with E-state index in [-0.39, 0.29) is 0 Å². The van der Waals surface area contributed by atoms with E-state index in [0.717, 1.165) is 23.7 Å². The van der Waals surface area contributed by atoms with Crippen LogP contribution in [0.2, 0.25) is 0 Å². The van der Waals surface area contributed by atoms with Crippen LogP contribution < -0.4 is 0 Å². The molecule has 0 saturated heterocycles. The molecule has 16 heavy (non-hydrogen) atoms. The van der Waals surface area contributed by atoms with Crippen molar-refractivity contribution in [2.75, 3.05) is 0 Å². The van der Waals surface area contributed by atoms with Crippen LogP contribution >= 0.6 is 0 Å². The molecule has 0 aromatic carbocycles. The lowest BCUT2D eigenvalue weighted by molar-refractivity contribution is 0.178. The fourth-order valence-corrected chi connectivity index (χ4v) is 2.83. The summed E-state index contributed by atoms with van der Waals surface area (Å²) in [7, 11) is 0. The van der Waals surface area contributed by atoms with Gasteiger partial charge in [-0.1, -0.05) is 66.5 Å². The summed E-state index contributed by atoms with van der Waals surface area (Å²) in [6, 6.07) is 0. The van der Waals surface area contributed by atoms with Crippen LogP contribution in [0.25, 0.3) is 0 Å². The summed E-state index contributed by atoms with van der Waals surface area (Å²) >= 11 is 0. The van der Waals surface area contributed by atoms with Crippen LogP contribution in [-0.4, -0.2) is 0 Å². The Bertz CT molecular complexity index is 188. The number of hydrogen-bond donors (Lipinski definition) is 0. The van der Waals surface area contributed by atoms with Crippen LogP contribution in [0.4, 0.5) is 0 Å². The van der Waals surface area contributed by atoms with Gasteiger partial charge in [-0.15, -0.1) is 0 Å². The summed E-state index contributed by atoms with van der Waals surface area (Å²) in [6.07, 6.45) is 2.55. The monoisotopic (exact) mass is 224 g/mol. The molecule has 0 heteroatoms. The largest absolute Gasteiger partial charge is 0.0998 e. The highest BCUT2D eigenvalue weighted by molar-refractivity contribution is 5.01. The van der Waals surface area contributed by atoms with Crippen LogP contribution in [-0.2, 0) is 0 Å². The van der Waals surface area contributed by atoms with Gasteiger partial charge >= 0.3 is 0 Å². The van der Waals surface area contributed by atoms with Gasteiger partial charge in [-0.3, -0.25) is 0 Å². The fraction of sp³-hybridized carbons (Fsp3) is 0.875. The molecule has 0 radical (unpaired) electrons. The van der Waals surface area contributed by atoms with E-state index in [1.54, 1.807) is 0 Å². The highest BCUT2D eigenvalue weighted by Gasteiger charge is 2.29. The number of hydrogen-bond acceptors (Lipinski definition) is 0. The van der Waals surface area contributed by atoms with Crippen molar-refractivity contribution in [1.29, 1.82) is 0 Å². The minimum Gasteiger partial charge on any atom is -0.0998 e. The van der Waals surface area contributed by atoms with Crippen molar-refractivity contribution in [1.82, 2.24) is 0 Å². The maximum Gasteiger partial charge on any atom is -0.0152 e. The van der Waals surface area contributed by atoms with E-state index in [1.807, 2.05) is 0 Å². The molecule has 0 aromatic heterocycles. The topological polar surface area (TPSA) is 0 Å². The van der Waals surface area contributed by atoms with Crippen LogP contribution in [0.1, 0.15) is 61.3 Å². The van der Waals surface area contributed by atoms with Crippen molar-refractivity contribution in [2.45, 2.75) is 61.3 Å². The molecule has 96 valence electrons. The van der Waals surface area contributed by atoms with E-state index >= 15 is 0 Å². The van der Waals surface area contributed by atoms with Crippen LogP contribution in [0.3, 0.4) is 0 Å². The fourth-order valence-electron chi connectivity index (χ4n) is 2.83. The predicted molar refractivity (Wildman–Crippen MR) is 75.5 cm³/mol. The number of allylic oxidation sites excluding steroid dienone is 1. The predicted octanol–water partition coefficient (Wildman–Crippen LogP) is 5.54. The molecule has 0 aliphatic heterocycles. The first-order chi connectivity index (χ1) is 7.36. The van der Waals surface area contributed by atoms with Crippen LogP contribution in [0.15, 0.2) is 12.2 Å². The second kappa shape index (κ2) is 7.14. The third-order valence-electron chi connectivity index (χ3n) is 4.78. The zero-order valence-electron chi connectivity index (χ0n) is 12.5. The minimum absolute atomic E-state index is 0.685. The van der Waals surface area contributed by atoms with E-state index in [0.29, 0.717) is 5.92 Å². The van der Waals surface area contributed by atoms with E-state index in [9.17, 15) is 0 Å². The van der Waals surface area contributed by atoms with E-state index in [4.69, 9.17) is 0 Å². The maximum absolute atomic E-state index is 4.23. The Morgan fingerprint density at radius 1 is 0.875 bits per heavy atom. The molecule has 0 aromatic rings. The van der Waals surface area contributed by atoms with E-state index in [2.05, 4.69) is 55.0 Å². The Morgan fingerprint density at radius 3 is 1.38 bits per heavy atom. The second-order valence-electron chi connectivity index (χ2n) is 5.86. The van der Waals surface area contributed by atoms with Gasteiger partial charge in [0.25, 0.3) is 0 Å². The van der Waals surface area contributed by atoms with Gasteiger partial charge in [0.15, 0.2) is 0 Å². The molecular weight excluding hydrogens is 192 g/mol. The highest BCUT2D eigenvalue weighted by atomic mass is 14.3. The van der Waals surface area contributed by atoms with Crippen molar-refractivity contribution in [3.63, 3.8) is 0 Å². The molecule has 0 rings (SSSR count). The number of rotatable bonds is 7. The van der Waals surface area contributed by atoms with Gasteiger partial charge in [-0.25, -0.2) is 0 Å². The summed E-state index contributed by atoms with van der Waals surface area (Å²) < 4.78 is 0. The van der Waals surface area contributed by atoms with Crippen molar-refractivity contribution < 1.29 is 0 Å². The Labute approximate surface area is 104 Å².